The van der Waals surface area contributed by atoms with Crippen molar-refractivity contribution >= 4 is 39.9 Å². The first kappa shape index (κ1) is 19.5. The van der Waals surface area contributed by atoms with Crippen LogP contribution in [0.15, 0.2) is 83.7 Å². The number of thiazole rings is 1. The van der Waals surface area contributed by atoms with Crippen molar-refractivity contribution in [3.63, 3.8) is 0 Å². The highest BCUT2D eigenvalue weighted by atomic mass is 32.2. The largest absolute Gasteiger partial charge is 0.337 e. The number of benzene rings is 1. The molecule has 29 heavy (non-hydrogen) atoms. The lowest BCUT2D eigenvalue weighted by Gasteiger charge is -2.11. The number of hydrogen-bond acceptors (Lipinski definition) is 4. The highest BCUT2D eigenvalue weighted by Crippen LogP contribution is 2.44. The molecule has 0 radical (unpaired) electrons. The average molecular weight is 421 g/mol. The van der Waals surface area contributed by atoms with Crippen molar-refractivity contribution in [2.75, 3.05) is 11.9 Å². The standard InChI is InChI=1S/C23H22N3OS2/c1-4-13-25-15-9-8-10-17(25)16-20-26(14-5-2)22(27)21(29-20)23-24(3)18-11-6-7-12-19(18)28-23/h4-12,15-16H,1-2,13-14H2,3H3/q+1/b23-21-. The number of hydrogen-bond donors (Lipinski definition) is 0. The summed E-state index contributed by atoms with van der Waals surface area (Å²) in [6.07, 6.45) is 7.72. The molecule has 4 rings (SSSR count). The summed E-state index contributed by atoms with van der Waals surface area (Å²) in [7, 11) is 2.02. The Labute approximate surface area is 178 Å². The topological polar surface area (TPSA) is 29.1 Å². The molecule has 0 unspecified atom stereocenters. The van der Waals surface area contributed by atoms with E-state index in [-0.39, 0.29) is 5.56 Å². The average Bonchev–Trinajstić information content (AvgIpc) is 3.22. The Morgan fingerprint density at radius 3 is 2.66 bits per heavy atom. The lowest BCUT2D eigenvalue weighted by Crippen LogP contribution is -2.37. The van der Waals surface area contributed by atoms with E-state index in [2.05, 4.69) is 40.8 Å². The molecule has 0 fully saturated rings. The van der Waals surface area contributed by atoms with Crippen LogP contribution in [-0.2, 0) is 13.1 Å². The lowest BCUT2D eigenvalue weighted by molar-refractivity contribution is -0.688. The van der Waals surface area contributed by atoms with Gasteiger partial charge in [-0.1, -0.05) is 36.5 Å². The monoisotopic (exact) mass is 420 g/mol. The van der Waals surface area contributed by atoms with Crippen molar-refractivity contribution in [3.05, 3.63) is 99.2 Å². The fourth-order valence-electron chi connectivity index (χ4n) is 3.32. The van der Waals surface area contributed by atoms with E-state index in [4.69, 9.17) is 0 Å². The zero-order chi connectivity index (χ0) is 20.4. The number of thioether (sulfide) groups is 1. The second kappa shape index (κ2) is 8.27. The zero-order valence-corrected chi connectivity index (χ0v) is 17.9. The molecule has 0 saturated carbocycles. The first-order valence-corrected chi connectivity index (χ1v) is 10.9. The molecule has 6 heteroatoms. The van der Waals surface area contributed by atoms with E-state index >= 15 is 0 Å². The van der Waals surface area contributed by atoms with Crippen LogP contribution in [0.5, 0.6) is 0 Å². The molecule has 1 aliphatic rings. The van der Waals surface area contributed by atoms with Gasteiger partial charge in [0.15, 0.2) is 12.7 Å². The molecular formula is C23H22N3OS2+. The third kappa shape index (κ3) is 3.61. The molecule has 4 nitrogen and oxygen atoms in total. The molecule has 3 aromatic rings. The molecule has 0 atom stereocenters. The van der Waals surface area contributed by atoms with Gasteiger partial charge in [0, 0.05) is 36.7 Å². The Morgan fingerprint density at radius 2 is 1.90 bits per heavy atom. The molecule has 146 valence electrons. The molecule has 0 bridgehead atoms. The molecule has 1 aromatic carbocycles. The summed E-state index contributed by atoms with van der Waals surface area (Å²) in [5, 5.41) is 0.977. The third-order valence-electron chi connectivity index (χ3n) is 4.73. The highest BCUT2D eigenvalue weighted by molar-refractivity contribution is 8.08. The van der Waals surface area contributed by atoms with E-state index in [0.717, 1.165) is 25.6 Å². The van der Waals surface area contributed by atoms with Crippen molar-refractivity contribution in [3.8, 4) is 0 Å². The van der Waals surface area contributed by atoms with Crippen LogP contribution in [0.2, 0.25) is 0 Å². The maximum absolute atomic E-state index is 13.3. The minimum absolute atomic E-state index is 0.0227. The van der Waals surface area contributed by atoms with Crippen LogP contribution in [0.1, 0.15) is 5.69 Å². The SMILES string of the molecule is C=CCn1c(=O)/c(=C2/Sc3ccccc3N2C)s/c1=C/c1cccc[n+]1CC=C. The number of pyridine rings is 1. The molecular weight excluding hydrogens is 398 g/mol. The predicted octanol–water partition coefficient (Wildman–Crippen LogP) is 2.71. The predicted molar refractivity (Wildman–Crippen MR) is 123 cm³/mol. The summed E-state index contributed by atoms with van der Waals surface area (Å²) in [4.78, 5) is 16.6. The van der Waals surface area contributed by atoms with Crippen molar-refractivity contribution < 1.29 is 4.57 Å². The van der Waals surface area contributed by atoms with Gasteiger partial charge in [0.25, 0.3) is 5.56 Å². The summed E-state index contributed by atoms with van der Waals surface area (Å²) < 4.78 is 5.57. The van der Waals surface area contributed by atoms with Gasteiger partial charge in [-0.25, -0.2) is 0 Å². The summed E-state index contributed by atoms with van der Waals surface area (Å²) >= 11 is 3.18. The normalized spacial score (nSPS) is 15.5. The Bertz CT molecular complexity index is 1270. The Balaban J connectivity index is 1.94. The molecule has 2 aromatic heterocycles. The van der Waals surface area contributed by atoms with Crippen LogP contribution in [-0.4, -0.2) is 11.6 Å². The highest BCUT2D eigenvalue weighted by Gasteiger charge is 2.24. The van der Waals surface area contributed by atoms with Gasteiger partial charge in [0.2, 0.25) is 5.69 Å². The summed E-state index contributed by atoms with van der Waals surface area (Å²) in [5.41, 5.74) is 2.18. The van der Waals surface area contributed by atoms with Crippen LogP contribution in [0, 0.1) is 0 Å². The minimum atomic E-state index is 0.0227. The molecule has 0 spiro atoms. The fraction of sp³-hybridized carbons (Fsp3) is 0.130. The molecule has 0 N–H and O–H groups in total. The second-order valence-electron chi connectivity index (χ2n) is 6.62. The third-order valence-corrected chi connectivity index (χ3v) is 7.21. The van der Waals surface area contributed by atoms with Crippen LogP contribution >= 0.6 is 23.1 Å². The van der Waals surface area contributed by atoms with Crippen LogP contribution in [0.4, 0.5) is 5.69 Å². The van der Waals surface area contributed by atoms with Crippen molar-refractivity contribution in [1.82, 2.24) is 4.57 Å². The molecule has 1 aliphatic heterocycles. The van der Waals surface area contributed by atoms with E-state index in [9.17, 15) is 4.79 Å². The number of para-hydroxylation sites is 1. The maximum atomic E-state index is 13.3. The van der Waals surface area contributed by atoms with Gasteiger partial charge < -0.3 is 4.90 Å². The van der Waals surface area contributed by atoms with Gasteiger partial charge in [-0.3, -0.25) is 9.36 Å². The Hall–Kier alpha value is -2.83. The molecule has 0 aliphatic carbocycles. The first-order valence-electron chi connectivity index (χ1n) is 9.30. The van der Waals surface area contributed by atoms with Crippen LogP contribution in [0.25, 0.3) is 11.1 Å². The van der Waals surface area contributed by atoms with E-state index in [1.54, 1.807) is 22.4 Å². The number of nitrogens with zero attached hydrogens (tertiary/aromatic N) is 3. The van der Waals surface area contributed by atoms with Gasteiger partial charge >= 0.3 is 0 Å². The maximum Gasteiger partial charge on any atom is 0.272 e. The van der Waals surface area contributed by atoms with E-state index in [0.29, 0.717) is 13.1 Å². The number of aromatic nitrogens is 2. The van der Waals surface area contributed by atoms with Gasteiger partial charge in [-0.2, -0.15) is 4.57 Å². The molecule has 0 saturated heterocycles. The number of rotatable bonds is 5. The van der Waals surface area contributed by atoms with Crippen molar-refractivity contribution in [2.45, 2.75) is 18.0 Å². The van der Waals surface area contributed by atoms with Crippen molar-refractivity contribution in [2.24, 2.45) is 0 Å². The Kier molecular flexibility index (Phi) is 5.56. The molecule has 3 heterocycles. The summed E-state index contributed by atoms with van der Waals surface area (Å²) in [6.45, 7) is 8.86. The quantitative estimate of drug-likeness (QED) is 0.470. The van der Waals surface area contributed by atoms with E-state index < -0.39 is 0 Å². The second-order valence-corrected chi connectivity index (χ2v) is 8.68. The number of fused-ring (bicyclic) bond motifs is 1. The summed E-state index contributed by atoms with van der Waals surface area (Å²) in [5.74, 6) is 0. The smallest absolute Gasteiger partial charge is 0.272 e. The van der Waals surface area contributed by atoms with Gasteiger partial charge in [-0.15, -0.1) is 17.9 Å². The zero-order valence-electron chi connectivity index (χ0n) is 16.2. The Morgan fingerprint density at radius 1 is 1.10 bits per heavy atom. The van der Waals surface area contributed by atoms with Gasteiger partial charge in [0.05, 0.1) is 5.69 Å². The van der Waals surface area contributed by atoms with Gasteiger partial charge in [0.1, 0.15) is 14.2 Å². The van der Waals surface area contributed by atoms with E-state index in [1.807, 2.05) is 49.7 Å². The fourth-order valence-corrected chi connectivity index (χ4v) is 5.73. The van der Waals surface area contributed by atoms with E-state index in [1.165, 1.54) is 16.2 Å². The lowest BCUT2D eigenvalue weighted by atomic mass is 10.3. The first-order chi connectivity index (χ1) is 14.1. The van der Waals surface area contributed by atoms with Crippen LogP contribution in [0.3, 0.4) is 0 Å². The van der Waals surface area contributed by atoms with Crippen LogP contribution < -0.4 is 24.2 Å². The van der Waals surface area contributed by atoms with Crippen molar-refractivity contribution in [1.29, 1.82) is 0 Å². The number of anilines is 1. The number of allylic oxidation sites excluding steroid dienone is 2. The minimum Gasteiger partial charge on any atom is -0.337 e. The molecule has 0 amide bonds. The summed E-state index contributed by atoms with van der Waals surface area (Å²) in [6, 6.07) is 14.3. The van der Waals surface area contributed by atoms with Gasteiger partial charge in [-0.05, 0) is 24.3 Å².